The molecule has 3 atom stereocenters. The lowest BCUT2D eigenvalue weighted by molar-refractivity contribution is -0.136. The van der Waals surface area contributed by atoms with Gasteiger partial charge in [-0.15, -0.1) is 0 Å². The molecule has 2 aliphatic heterocycles. The molecule has 0 bridgehead atoms. The molecule has 0 radical (unpaired) electrons. The van der Waals surface area contributed by atoms with E-state index in [1.54, 1.807) is 7.11 Å². The van der Waals surface area contributed by atoms with Gasteiger partial charge in [-0.25, -0.2) is 4.79 Å². The molecule has 0 saturated carbocycles. The minimum absolute atomic E-state index is 0.0274. The molecule has 2 fully saturated rings. The first kappa shape index (κ1) is 17.1. The standard InChI is InChI=1S/C16H29N3O3/c1-4-5-6-12(2)15(20)18-8-7-14-13(11-18)17-16(21)19(14)9-10-22-3/h12-14H,4-11H2,1-3H3,(H,17,21)/t12-,13+,14-/m1/s1. The number of carbonyl (C=O) groups excluding carboxylic acids is 2. The van der Waals surface area contributed by atoms with E-state index in [0.717, 1.165) is 32.2 Å². The Kier molecular flexibility index (Phi) is 6.06. The van der Waals surface area contributed by atoms with E-state index in [2.05, 4.69) is 12.2 Å². The summed E-state index contributed by atoms with van der Waals surface area (Å²) in [6.45, 7) is 6.70. The molecule has 2 heterocycles. The van der Waals surface area contributed by atoms with Crippen LogP contribution >= 0.6 is 0 Å². The third-order valence-corrected chi connectivity index (χ3v) is 4.81. The molecule has 2 rings (SSSR count). The number of rotatable bonds is 7. The second-order valence-corrected chi connectivity index (χ2v) is 6.43. The third-order valence-electron chi connectivity index (χ3n) is 4.81. The van der Waals surface area contributed by atoms with Crippen LogP contribution in [0.1, 0.15) is 39.5 Å². The van der Waals surface area contributed by atoms with Crippen molar-refractivity contribution < 1.29 is 14.3 Å². The number of nitrogens with one attached hydrogen (secondary N) is 1. The number of carbonyl (C=O) groups is 2. The highest BCUT2D eigenvalue weighted by Gasteiger charge is 2.43. The van der Waals surface area contributed by atoms with Crippen LogP contribution in [0.15, 0.2) is 0 Å². The van der Waals surface area contributed by atoms with Crippen molar-refractivity contribution in [1.29, 1.82) is 0 Å². The highest BCUT2D eigenvalue weighted by Crippen LogP contribution is 2.24. The first-order chi connectivity index (χ1) is 10.6. The molecule has 126 valence electrons. The molecule has 22 heavy (non-hydrogen) atoms. The van der Waals surface area contributed by atoms with Gasteiger partial charge in [0.25, 0.3) is 0 Å². The Bertz CT molecular complexity index is 402. The summed E-state index contributed by atoms with van der Waals surface area (Å²) in [7, 11) is 1.64. The van der Waals surface area contributed by atoms with Crippen molar-refractivity contribution in [1.82, 2.24) is 15.1 Å². The van der Waals surface area contributed by atoms with Crippen LogP contribution in [0, 0.1) is 5.92 Å². The summed E-state index contributed by atoms with van der Waals surface area (Å²) in [5, 5.41) is 3.02. The number of urea groups is 1. The molecule has 0 aromatic heterocycles. The summed E-state index contributed by atoms with van der Waals surface area (Å²) in [5.41, 5.74) is 0. The number of nitrogens with zero attached hydrogens (tertiary/aromatic N) is 2. The number of hydrogen-bond acceptors (Lipinski definition) is 3. The monoisotopic (exact) mass is 311 g/mol. The van der Waals surface area contributed by atoms with Gasteiger partial charge in [-0.1, -0.05) is 26.7 Å². The van der Waals surface area contributed by atoms with Gasteiger partial charge in [0.15, 0.2) is 0 Å². The lowest BCUT2D eigenvalue weighted by Gasteiger charge is -2.37. The molecule has 0 aromatic rings. The molecule has 0 aromatic carbocycles. The fourth-order valence-corrected chi connectivity index (χ4v) is 3.45. The highest BCUT2D eigenvalue weighted by atomic mass is 16.5. The van der Waals surface area contributed by atoms with Crippen LogP contribution in [-0.2, 0) is 9.53 Å². The number of likely N-dealkylation sites (tertiary alicyclic amines) is 1. The average Bonchev–Trinajstić information content (AvgIpc) is 2.84. The number of piperidine rings is 1. The lowest BCUT2D eigenvalue weighted by atomic mass is 9.96. The van der Waals surface area contributed by atoms with Gasteiger partial charge in [0, 0.05) is 32.7 Å². The smallest absolute Gasteiger partial charge is 0.318 e. The van der Waals surface area contributed by atoms with Gasteiger partial charge >= 0.3 is 6.03 Å². The van der Waals surface area contributed by atoms with E-state index in [9.17, 15) is 9.59 Å². The molecule has 6 heteroatoms. The van der Waals surface area contributed by atoms with Gasteiger partial charge in [0.05, 0.1) is 18.7 Å². The number of methoxy groups -OCH3 is 1. The van der Waals surface area contributed by atoms with Gasteiger partial charge in [0.2, 0.25) is 5.91 Å². The minimum atomic E-state index is -0.0274. The van der Waals surface area contributed by atoms with Crippen LogP contribution in [0.3, 0.4) is 0 Å². The predicted molar refractivity (Wildman–Crippen MR) is 84.6 cm³/mol. The third kappa shape index (κ3) is 3.72. The molecular weight excluding hydrogens is 282 g/mol. The fraction of sp³-hybridized carbons (Fsp3) is 0.875. The maximum absolute atomic E-state index is 12.5. The van der Waals surface area contributed by atoms with Crippen LogP contribution in [0.2, 0.25) is 0 Å². The maximum Gasteiger partial charge on any atom is 0.318 e. The zero-order valence-electron chi connectivity index (χ0n) is 14.0. The first-order valence-corrected chi connectivity index (χ1v) is 8.43. The van der Waals surface area contributed by atoms with Gasteiger partial charge < -0.3 is 19.9 Å². The Morgan fingerprint density at radius 3 is 2.95 bits per heavy atom. The second-order valence-electron chi connectivity index (χ2n) is 6.43. The number of ether oxygens (including phenoxy) is 1. The van der Waals surface area contributed by atoms with E-state index in [-0.39, 0.29) is 29.9 Å². The van der Waals surface area contributed by atoms with E-state index in [1.165, 1.54) is 0 Å². The quantitative estimate of drug-likeness (QED) is 0.774. The summed E-state index contributed by atoms with van der Waals surface area (Å²) in [6, 6.07) is 0.221. The van der Waals surface area contributed by atoms with Crippen molar-refractivity contribution in [3.05, 3.63) is 0 Å². The second kappa shape index (κ2) is 7.81. The van der Waals surface area contributed by atoms with Crippen LogP contribution < -0.4 is 5.32 Å². The zero-order valence-corrected chi connectivity index (χ0v) is 14.0. The average molecular weight is 311 g/mol. The van der Waals surface area contributed by atoms with Gasteiger partial charge in [-0.05, 0) is 12.8 Å². The van der Waals surface area contributed by atoms with E-state index >= 15 is 0 Å². The van der Waals surface area contributed by atoms with Crippen LogP contribution in [0.25, 0.3) is 0 Å². The Morgan fingerprint density at radius 1 is 1.50 bits per heavy atom. The molecule has 0 unspecified atom stereocenters. The van der Waals surface area contributed by atoms with Crippen molar-refractivity contribution in [3.63, 3.8) is 0 Å². The highest BCUT2D eigenvalue weighted by molar-refractivity contribution is 5.80. The molecule has 2 aliphatic rings. The maximum atomic E-state index is 12.5. The lowest BCUT2D eigenvalue weighted by Crippen LogP contribution is -2.54. The molecule has 0 spiro atoms. The number of unbranched alkanes of at least 4 members (excludes halogenated alkanes) is 1. The van der Waals surface area contributed by atoms with Gasteiger partial charge in [-0.2, -0.15) is 0 Å². The number of fused-ring (bicyclic) bond motifs is 1. The molecule has 1 N–H and O–H groups in total. The normalized spacial score (nSPS) is 25.9. The van der Waals surface area contributed by atoms with E-state index in [1.807, 2.05) is 16.7 Å². The number of hydrogen-bond donors (Lipinski definition) is 1. The summed E-state index contributed by atoms with van der Waals surface area (Å²) in [6.07, 6.45) is 4.01. The van der Waals surface area contributed by atoms with Crippen molar-refractivity contribution in [2.75, 3.05) is 33.4 Å². The van der Waals surface area contributed by atoms with E-state index in [0.29, 0.717) is 19.7 Å². The fourth-order valence-electron chi connectivity index (χ4n) is 3.45. The largest absolute Gasteiger partial charge is 0.383 e. The minimum Gasteiger partial charge on any atom is -0.383 e. The summed E-state index contributed by atoms with van der Waals surface area (Å²) in [4.78, 5) is 28.4. The molecule has 3 amide bonds. The Hall–Kier alpha value is -1.30. The zero-order chi connectivity index (χ0) is 16.1. The molecular formula is C16H29N3O3. The van der Waals surface area contributed by atoms with E-state index < -0.39 is 0 Å². The number of amides is 3. The van der Waals surface area contributed by atoms with Crippen molar-refractivity contribution >= 4 is 11.9 Å². The Labute approximate surface area is 133 Å². The predicted octanol–water partition coefficient (Wildman–Crippen LogP) is 1.45. The molecule has 0 aliphatic carbocycles. The Balaban J connectivity index is 1.90. The topological polar surface area (TPSA) is 61.9 Å². The van der Waals surface area contributed by atoms with Gasteiger partial charge in [0.1, 0.15) is 0 Å². The van der Waals surface area contributed by atoms with Gasteiger partial charge in [-0.3, -0.25) is 4.79 Å². The molecule has 2 saturated heterocycles. The van der Waals surface area contributed by atoms with Crippen LogP contribution in [0.4, 0.5) is 4.79 Å². The van der Waals surface area contributed by atoms with Crippen LogP contribution in [-0.4, -0.2) is 67.2 Å². The summed E-state index contributed by atoms with van der Waals surface area (Å²) < 4.78 is 5.07. The summed E-state index contributed by atoms with van der Waals surface area (Å²) >= 11 is 0. The van der Waals surface area contributed by atoms with Crippen molar-refractivity contribution in [2.45, 2.75) is 51.6 Å². The van der Waals surface area contributed by atoms with Crippen molar-refractivity contribution in [3.8, 4) is 0 Å². The first-order valence-electron chi connectivity index (χ1n) is 8.43. The summed E-state index contributed by atoms with van der Waals surface area (Å²) in [5.74, 6) is 0.315. The molecule has 6 nitrogen and oxygen atoms in total. The Morgan fingerprint density at radius 2 is 2.27 bits per heavy atom. The van der Waals surface area contributed by atoms with Crippen LogP contribution in [0.5, 0.6) is 0 Å². The van der Waals surface area contributed by atoms with Crippen molar-refractivity contribution in [2.24, 2.45) is 5.92 Å². The SMILES string of the molecule is CCCC[C@@H](C)C(=O)N1CC[C@@H]2[C@H](C1)NC(=O)N2CCOC. The van der Waals surface area contributed by atoms with E-state index in [4.69, 9.17) is 4.74 Å².